The molecule has 0 atom stereocenters. The SMILES string of the molecule is COc1ccc(C)c2sc(N(CCCn3ccnc3)C(=O)c3cccc(C(F)(F)F)c3)nc12. The predicted octanol–water partition coefficient (Wildman–Crippen LogP) is 5.57. The number of alkyl halides is 3. The Morgan fingerprint density at radius 1 is 1.24 bits per heavy atom. The number of imidazole rings is 1. The van der Waals surface area contributed by atoms with Gasteiger partial charge >= 0.3 is 6.18 Å². The first-order valence-electron chi connectivity index (χ1n) is 10.2. The summed E-state index contributed by atoms with van der Waals surface area (Å²) >= 11 is 1.31. The van der Waals surface area contributed by atoms with Crippen molar-refractivity contribution < 1.29 is 22.7 Å². The van der Waals surface area contributed by atoms with Crippen molar-refractivity contribution in [2.45, 2.75) is 26.1 Å². The molecule has 0 unspecified atom stereocenters. The van der Waals surface area contributed by atoms with Gasteiger partial charge in [-0.2, -0.15) is 13.2 Å². The van der Waals surface area contributed by atoms with Gasteiger partial charge in [0.25, 0.3) is 5.91 Å². The van der Waals surface area contributed by atoms with E-state index in [2.05, 4.69) is 9.97 Å². The molecule has 0 spiro atoms. The molecule has 4 aromatic rings. The molecule has 2 aromatic heterocycles. The third-order valence-corrected chi connectivity index (χ3v) is 6.40. The molecular weight excluding hydrogens is 453 g/mol. The van der Waals surface area contributed by atoms with Crippen molar-refractivity contribution in [3.05, 3.63) is 71.8 Å². The first-order valence-corrected chi connectivity index (χ1v) is 11.0. The normalized spacial score (nSPS) is 11.7. The van der Waals surface area contributed by atoms with Gasteiger partial charge in [0.05, 0.1) is 23.7 Å². The van der Waals surface area contributed by atoms with E-state index in [1.807, 2.05) is 23.8 Å². The Labute approximate surface area is 192 Å². The lowest BCUT2D eigenvalue weighted by Gasteiger charge is -2.20. The summed E-state index contributed by atoms with van der Waals surface area (Å²) in [7, 11) is 1.54. The van der Waals surface area contributed by atoms with E-state index < -0.39 is 17.6 Å². The molecule has 0 bridgehead atoms. The van der Waals surface area contributed by atoms with E-state index in [1.165, 1.54) is 28.4 Å². The number of carbonyl (C=O) groups excluding carboxylic acids is 1. The second-order valence-electron chi connectivity index (χ2n) is 7.45. The number of hydrogen-bond acceptors (Lipinski definition) is 5. The van der Waals surface area contributed by atoms with Crippen LogP contribution in [0.1, 0.15) is 27.9 Å². The number of thiazole rings is 1. The summed E-state index contributed by atoms with van der Waals surface area (Å²) in [5.41, 5.74) is 0.678. The maximum Gasteiger partial charge on any atom is 0.416 e. The number of hydrogen-bond donors (Lipinski definition) is 0. The number of benzene rings is 2. The molecule has 1 amide bonds. The fraction of sp³-hybridized carbons (Fsp3) is 0.261. The van der Waals surface area contributed by atoms with Gasteiger partial charge in [-0.3, -0.25) is 9.69 Å². The zero-order valence-electron chi connectivity index (χ0n) is 18.0. The Morgan fingerprint density at radius 3 is 2.76 bits per heavy atom. The van der Waals surface area contributed by atoms with Crippen molar-refractivity contribution in [3.63, 3.8) is 0 Å². The van der Waals surface area contributed by atoms with Crippen LogP contribution in [0.15, 0.2) is 55.1 Å². The number of carbonyl (C=O) groups is 1. The maximum absolute atomic E-state index is 13.4. The van der Waals surface area contributed by atoms with E-state index in [-0.39, 0.29) is 12.1 Å². The highest BCUT2D eigenvalue weighted by Crippen LogP contribution is 2.37. The van der Waals surface area contributed by atoms with Gasteiger partial charge in [0, 0.05) is 31.0 Å². The van der Waals surface area contributed by atoms with E-state index in [4.69, 9.17) is 4.74 Å². The number of amides is 1. The highest BCUT2D eigenvalue weighted by Gasteiger charge is 2.32. The highest BCUT2D eigenvalue weighted by molar-refractivity contribution is 7.22. The molecule has 0 aliphatic carbocycles. The molecule has 0 N–H and O–H groups in total. The molecule has 0 aliphatic heterocycles. The Balaban J connectivity index is 1.71. The molecule has 2 heterocycles. The number of fused-ring (bicyclic) bond motifs is 1. The third kappa shape index (κ3) is 4.85. The zero-order valence-corrected chi connectivity index (χ0v) is 18.8. The maximum atomic E-state index is 13.4. The van der Waals surface area contributed by atoms with Crippen LogP contribution in [0, 0.1) is 6.92 Å². The monoisotopic (exact) mass is 474 g/mol. The smallest absolute Gasteiger partial charge is 0.416 e. The van der Waals surface area contributed by atoms with Gasteiger partial charge in [-0.1, -0.05) is 23.5 Å². The van der Waals surface area contributed by atoms with E-state index in [9.17, 15) is 18.0 Å². The summed E-state index contributed by atoms with van der Waals surface area (Å²) in [5, 5.41) is 0.408. The number of nitrogens with zero attached hydrogens (tertiary/aromatic N) is 4. The first kappa shape index (κ1) is 22.8. The lowest BCUT2D eigenvalue weighted by Crippen LogP contribution is -2.32. The first-order chi connectivity index (χ1) is 15.8. The van der Waals surface area contributed by atoms with Crippen LogP contribution in [0.4, 0.5) is 18.3 Å². The molecule has 10 heteroatoms. The molecule has 0 saturated carbocycles. The van der Waals surface area contributed by atoms with Crippen LogP contribution >= 0.6 is 11.3 Å². The van der Waals surface area contributed by atoms with Crippen LogP contribution in [0.3, 0.4) is 0 Å². The number of rotatable bonds is 7. The third-order valence-electron chi connectivity index (χ3n) is 5.18. The molecular formula is C23H21F3N4O2S. The molecule has 33 heavy (non-hydrogen) atoms. The van der Waals surface area contributed by atoms with E-state index >= 15 is 0 Å². The van der Waals surface area contributed by atoms with Crippen LogP contribution in [0.25, 0.3) is 10.2 Å². The number of aromatic nitrogens is 3. The topological polar surface area (TPSA) is 60.2 Å². The minimum Gasteiger partial charge on any atom is -0.494 e. The average molecular weight is 475 g/mol. The van der Waals surface area contributed by atoms with Gasteiger partial charge in [-0.15, -0.1) is 0 Å². The van der Waals surface area contributed by atoms with Crippen molar-refractivity contribution in [1.29, 1.82) is 0 Å². The molecule has 4 rings (SSSR count). The van der Waals surface area contributed by atoms with Crippen molar-refractivity contribution in [1.82, 2.24) is 14.5 Å². The number of halogens is 3. The van der Waals surface area contributed by atoms with Crippen molar-refractivity contribution in [2.75, 3.05) is 18.6 Å². The van der Waals surface area contributed by atoms with Gasteiger partial charge in [-0.05, 0) is 43.2 Å². The van der Waals surface area contributed by atoms with E-state index in [0.29, 0.717) is 29.4 Å². The van der Waals surface area contributed by atoms with E-state index in [1.54, 1.807) is 25.7 Å². The minimum atomic E-state index is -4.54. The second-order valence-corrected chi connectivity index (χ2v) is 8.43. The van der Waals surface area contributed by atoms with Crippen molar-refractivity contribution in [2.24, 2.45) is 0 Å². The number of ether oxygens (including phenoxy) is 1. The van der Waals surface area contributed by atoms with Gasteiger partial charge in [0.15, 0.2) is 5.13 Å². The largest absolute Gasteiger partial charge is 0.494 e. The Bertz CT molecular complexity index is 1270. The fourth-order valence-electron chi connectivity index (χ4n) is 3.48. The summed E-state index contributed by atoms with van der Waals surface area (Å²) in [6, 6.07) is 8.17. The van der Waals surface area contributed by atoms with Crippen LogP contribution < -0.4 is 9.64 Å². The standard InChI is InChI=1S/C23H21F3N4O2S/c1-15-7-8-18(32-2)19-20(15)33-22(28-19)30(11-4-10-29-12-9-27-14-29)21(31)16-5-3-6-17(13-16)23(24,25)26/h3,5-9,12-14H,4,10-11H2,1-2H3. The molecule has 0 fully saturated rings. The van der Waals surface area contributed by atoms with Crippen LogP contribution in [-0.2, 0) is 12.7 Å². The lowest BCUT2D eigenvalue weighted by molar-refractivity contribution is -0.137. The summed E-state index contributed by atoms with van der Waals surface area (Å²) in [5.74, 6) is 0.0328. The number of anilines is 1. The molecule has 0 radical (unpaired) electrons. The Kier molecular flexibility index (Phi) is 6.37. The van der Waals surface area contributed by atoms with Crippen molar-refractivity contribution in [3.8, 4) is 5.75 Å². The van der Waals surface area contributed by atoms with Gasteiger partial charge in [0.1, 0.15) is 11.3 Å². The highest BCUT2D eigenvalue weighted by atomic mass is 32.1. The van der Waals surface area contributed by atoms with Crippen molar-refractivity contribution >= 4 is 32.6 Å². The number of methoxy groups -OCH3 is 1. The average Bonchev–Trinajstić information content (AvgIpc) is 3.47. The summed E-state index contributed by atoms with van der Waals surface area (Å²) < 4.78 is 47.8. The van der Waals surface area contributed by atoms with Gasteiger partial charge in [-0.25, -0.2) is 9.97 Å². The van der Waals surface area contributed by atoms with Gasteiger partial charge in [0.2, 0.25) is 0 Å². The molecule has 172 valence electrons. The summed E-state index contributed by atoms with van der Waals surface area (Å²) in [6.45, 7) is 2.80. The second kappa shape index (κ2) is 9.22. The molecule has 0 aliphatic rings. The van der Waals surface area contributed by atoms with Crippen LogP contribution in [0.2, 0.25) is 0 Å². The molecule has 2 aromatic carbocycles. The molecule has 0 saturated heterocycles. The zero-order chi connectivity index (χ0) is 23.6. The number of aryl methyl sites for hydroxylation is 2. The lowest BCUT2D eigenvalue weighted by atomic mass is 10.1. The summed E-state index contributed by atoms with van der Waals surface area (Å²) in [6.07, 6.45) is 1.17. The Morgan fingerprint density at radius 2 is 2.06 bits per heavy atom. The Hall–Kier alpha value is -3.40. The van der Waals surface area contributed by atoms with Gasteiger partial charge < -0.3 is 9.30 Å². The minimum absolute atomic E-state index is 0.0459. The van der Waals surface area contributed by atoms with Crippen LogP contribution in [-0.4, -0.2) is 34.1 Å². The predicted molar refractivity (Wildman–Crippen MR) is 121 cm³/mol. The fourth-order valence-corrected chi connectivity index (χ4v) is 4.55. The quantitative estimate of drug-likeness (QED) is 0.352. The van der Waals surface area contributed by atoms with E-state index in [0.717, 1.165) is 22.4 Å². The molecule has 6 nitrogen and oxygen atoms in total. The summed E-state index contributed by atoms with van der Waals surface area (Å²) in [4.78, 5) is 23.5. The van der Waals surface area contributed by atoms with Crippen LogP contribution in [0.5, 0.6) is 5.75 Å².